The molecule has 1 amide bonds. The molecule has 2 fully saturated rings. The van der Waals surface area contributed by atoms with E-state index in [0.717, 1.165) is 0 Å². The maximum atomic E-state index is 14.9. The Morgan fingerprint density at radius 3 is 2.36 bits per heavy atom. The fourth-order valence-electron chi connectivity index (χ4n) is 9.90. The summed E-state index contributed by atoms with van der Waals surface area (Å²) in [5, 5.41) is 41.4. The molecule has 352 valence electrons. The van der Waals surface area contributed by atoms with Gasteiger partial charge in [0.1, 0.15) is 28.8 Å². The third-order valence-corrected chi connectivity index (χ3v) is 14.1. The molecule has 7 aliphatic rings. The number of aromatic hydroxyl groups is 1. The molecule has 0 aliphatic carbocycles. The van der Waals surface area contributed by atoms with Gasteiger partial charge in [-0.05, 0) is 26.8 Å². The Bertz CT molecular complexity index is 2920. The lowest BCUT2D eigenvalue weighted by Crippen LogP contribution is -2.60. The summed E-state index contributed by atoms with van der Waals surface area (Å²) in [7, 11) is 1.47. The zero-order valence-corrected chi connectivity index (χ0v) is 38.8. The lowest BCUT2D eigenvalue weighted by Gasteiger charge is -2.54. The summed E-state index contributed by atoms with van der Waals surface area (Å²) in [6.45, 7) is 17.9. The number of benzene rings is 3. The van der Waals surface area contributed by atoms with Crippen molar-refractivity contribution in [2.24, 2.45) is 23.7 Å². The second kappa shape index (κ2) is 17.3. The number of phenols is 1. The van der Waals surface area contributed by atoms with Crippen molar-refractivity contribution in [1.29, 1.82) is 0 Å². The Balaban J connectivity index is 1.35. The fourth-order valence-corrected chi connectivity index (χ4v) is 9.90. The minimum atomic E-state index is -1.96. The monoisotopic (exact) mass is 910 g/mol. The number of methoxy groups -OCH3 is 1. The quantitative estimate of drug-likeness (QED) is 0.106. The van der Waals surface area contributed by atoms with Gasteiger partial charge in [0.15, 0.2) is 22.4 Å². The highest BCUT2D eigenvalue weighted by molar-refractivity contribution is 6.16. The number of hydrogen-bond donors (Lipinski definition) is 5. The third kappa shape index (κ3) is 7.74. The Morgan fingerprint density at radius 2 is 1.70 bits per heavy atom. The molecule has 0 unspecified atom stereocenters. The normalized spacial score (nSPS) is 32.5. The van der Waals surface area contributed by atoms with E-state index in [9.17, 15) is 34.5 Å². The summed E-state index contributed by atoms with van der Waals surface area (Å²) < 4.78 is 37.1. The zero-order chi connectivity index (χ0) is 47.7. The van der Waals surface area contributed by atoms with Crippen molar-refractivity contribution in [3.63, 3.8) is 0 Å². The van der Waals surface area contributed by atoms with Gasteiger partial charge in [0, 0.05) is 105 Å². The van der Waals surface area contributed by atoms with Crippen molar-refractivity contribution in [3.05, 3.63) is 79.5 Å². The first-order chi connectivity index (χ1) is 31.2. The highest BCUT2D eigenvalue weighted by Gasteiger charge is 2.52. The molecule has 7 aliphatic heterocycles. The molecule has 3 aromatic carbocycles. The molecule has 17 heteroatoms. The van der Waals surface area contributed by atoms with E-state index in [1.165, 1.54) is 40.2 Å². The Labute approximate surface area is 380 Å². The van der Waals surface area contributed by atoms with Crippen LogP contribution in [-0.2, 0) is 28.5 Å². The number of nitrogens with zero attached hydrogens (tertiary/aromatic N) is 2. The van der Waals surface area contributed by atoms with Crippen LogP contribution in [0.5, 0.6) is 11.5 Å². The van der Waals surface area contributed by atoms with E-state index in [0.29, 0.717) is 31.9 Å². The minimum Gasteiger partial charge on any atom is -0.507 e. The van der Waals surface area contributed by atoms with E-state index in [-0.39, 0.29) is 78.7 Å². The molecule has 4 aromatic rings. The van der Waals surface area contributed by atoms with E-state index >= 15 is 0 Å². The number of fused-ring (bicyclic) bond motifs is 1. The van der Waals surface area contributed by atoms with Crippen LogP contribution in [-0.4, -0.2) is 101 Å². The zero-order valence-electron chi connectivity index (χ0n) is 38.8. The van der Waals surface area contributed by atoms with Gasteiger partial charge in [-0.25, -0.2) is 4.98 Å². The number of allylic oxidation sites excluding steroid dienone is 2. The summed E-state index contributed by atoms with van der Waals surface area (Å²) in [6.07, 6.45) is 4.97. The predicted molar refractivity (Wildman–Crippen MR) is 247 cm³/mol. The van der Waals surface area contributed by atoms with Crippen molar-refractivity contribution in [2.75, 3.05) is 43.5 Å². The largest absolute Gasteiger partial charge is 0.507 e. The second-order valence-corrected chi connectivity index (χ2v) is 18.5. The van der Waals surface area contributed by atoms with E-state index < -0.39 is 75.8 Å². The summed E-state index contributed by atoms with van der Waals surface area (Å²) in [5.41, 5.74) is -1.98. The highest BCUT2D eigenvalue weighted by atomic mass is 16.7. The van der Waals surface area contributed by atoms with Gasteiger partial charge in [0.2, 0.25) is 10.9 Å². The molecule has 0 radical (unpaired) electrons. The molecule has 10 atom stereocenters. The van der Waals surface area contributed by atoms with Gasteiger partial charge in [-0.2, -0.15) is 0 Å². The molecule has 17 nitrogen and oxygen atoms in total. The van der Waals surface area contributed by atoms with Gasteiger partial charge in [0.25, 0.3) is 5.91 Å². The summed E-state index contributed by atoms with van der Waals surface area (Å²) in [6, 6.07) is 3.12. The Kier molecular flexibility index (Phi) is 12.2. The minimum absolute atomic E-state index is 0.0373. The molecule has 7 bridgehead atoms. The maximum absolute atomic E-state index is 14.9. The average Bonchev–Trinajstić information content (AvgIpc) is 3.56. The first kappa shape index (κ1) is 46.5. The molecule has 0 spiro atoms. The smallest absolute Gasteiger partial charge is 0.307 e. The maximum Gasteiger partial charge on any atom is 0.307 e. The number of anilines is 2. The van der Waals surface area contributed by atoms with Crippen LogP contribution in [0.2, 0.25) is 0 Å². The molecular formula is C49H58N4O13. The lowest BCUT2D eigenvalue weighted by atomic mass is 9.70. The Morgan fingerprint density at radius 1 is 0.985 bits per heavy atom. The van der Waals surface area contributed by atoms with Crippen LogP contribution in [0.25, 0.3) is 38.7 Å². The summed E-state index contributed by atoms with van der Waals surface area (Å²) in [4.78, 5) is 62.1. The van der Waals surface area contributed by atoms with Gasteiger partial charge in [0.05, 0.1) is 40.8 Å². The number of aromatic nitrogens is 1. The molecule has 2 saturated heterocycles. The van der Waals surface area contributed by atoms with E-state index in [1.807, 2.05) is 38.7 Å². The number of carbonyl (C=O) groups is 2. The van der Waals surface area contributed by atoms with Crippen LogP contribution in [0.1, 0.15) is 61.0 Å². The number of esters is 1. The summed E-state index contributed by atoms with van der Waals surface area (Å²) in [5.74, 6) is -5.85. The van der Waals surface area contributed by atoms with E-state index in [4.69, 9.17) is 33.1 Å². The molecule has 0 saturated carbocycles. The van der Waals surface area contributed by atoms with Crippen LogP contribution >= 0.6 is 0 Å². The van der Waals surface area contributed by atoms with Gasteiger partial charge < -0.3 is 59.0 Å². The van der Waals surface area contributed by atoms with Crippen LogP contribution < -0.4 is 36.3 Å². The van der Waals surface area contributed by atoms with Crippen molar-refractivity contribution in [1.82, 2.24) is 10.3 Å². The number of rotatable bonds is 3. The third-order valence-electron chi connectivity index (χ3n) is 14.1. The fraction of sp³-hybridized carbons (Fsp3) is 0.490. The molecule has 8 heterocycles. The predicted octanol–water partition coefficient (Wildman–Crippen LogP) is 4.77. The van der Waals surface area contributed by atoms with Gasteiger partial charge in [-0.3, -0.25) is 19.2 Å². The molecule has 66 heavy (non-hydrogen) atoms. The number of piperazine rings is 1. The number of phenolic OH excluding ortho intramolecular Hbond substituents is 1. The molecule has 11 rings (SSSR count). The van der Waals surface area contributed by atoms with Gasteiger partial charge >= 0.3 is 11.8 Å². The first-order valence-electron chi connectivity index (χ1n) is 22.3. The number of ether oxygens (including phenoxy) is 5. The van der Waals surface area contributed by atoms with E-state index in [2.05, 4.69) is 10.6 Å². The number of hydrogen-bond acceptors (Lipinski definition) is 16. The van der Waals surface area contributed by atoms with Crippen LogP contribution in [0.4, 0.5) is 11.4 Å². The number of aliphatic hydroxyl groups excluding tert-OH is 2. The molecule has 5 N–H and O–H groups in total. The lowest BCUT2D eigenvalue weighted by molar-refractivity contribution is -0.251. The number of carbonyl (C=O) groups excluding carboxylic acids is 2. The molecular weight excluding hydrogens is 853 g/mol. The Hall–Kier alpha value is -6.01. The van der Waals surface area contributed by atoms with Crippen molar-refractivity contribution in [2.45, 2.75) is 98.1 Å². The first-order valence-corrected chi connectivity index (χ1v) is 22.3. The topological polar surface area (TPSA) is 228 Å². The second-order valence-electron chi connectivity index (χ2n) is 18.5. The summed E-state index contributed by atoms with van der Waals surface area (Å²) >= 11 is 0. The number of aliphatic hydroxyl groups is 2. The van der Waals surface area contributed by atoms with Gasteiger partial charge in [-0.1, -0.05) is 45.9 Å². The van der Waals surface area contributed by atoms with Crippen LogP contribution in [0.3, 0.4) is 0 Å². The average molecular weight is 911 g/mol. The highest BCUT2D eigenvalue weighted by Crippen LogP contribution is 2.46. The van der Waals surface area contributed by atoms with Gasteiger partial charge in [-0.15, -0.1) is 0 Å². The van der Waals surface area contributed by atoms with Crippen LogP contribution in [0.15, 0.2) is 62.3 Å². The van der Waals surface area contributed by atoms with Crippen molar-refractivity contribution >= 4 is 62.0 Å². The van der Waals surface area contributed by atoms with E-state index in [1.54, 1.807) is 38.1 Å². The van der Waals surface area contributed by atoms with Crippen LogP contribution in [0, 0.1) is 30.6 Å². The standard InChI is InChI=1S/C49H58N4O13/c1-22-12-11-14-48(8)27(6)43(65-48)25(4)39(56)24(3)42(63-28(7)54)23(2)31(61-10)13-19-62-49(9)46(59)35-33-34(40(57)26(5)44(35)66-49)41(58)38(52-47(22)60)45-37(33)51-36-30(55)20-29(21-32(36)64-45)53-17-15-50-16-18-53/h11-14,19-21,23-25,27,31,39,42-43,50,56-57,59H,15-18H2,1-10H3,(H,52,60)/b14-11+,19-13+,22-12-/t23-,24-,25+,27-,31+,39+,42-,43-,48+,49+/m1/s1. The molecule has 1 aromatic heterocycles. The van der Waals surface area contributed by atoms with Crippen molar-refractivity contribution < 1.29 is 53.0 Å². The number of amides is 1. The van der Waals surface area contributed by atoms with Crippen molar-refractivity contribution in [3.8, 4) is 11.5 Å². The SMILES string of the molecule is CO[C@H]1/C=C/O[C@@]2(C)Oc3c(C)c(O)c4c(=O)c(c5oc6cc(N7CCNCC7)cc(=O)c6nc5c4c3=C2O)NC(=O)/C(C)=C\C=C\[C@]2(C)O[C@H]([C@@H](C)[C@@H](O)[C@@H](C)[C@H](OC(C)=O)[C@@H]1C)[C@H]2C. The number of nitrogens with one attached hydrogen (secondary N) is 2.